The van der Waals surface area contributed by atoms with Gasteiger partial charge in [-0.05, 0) is 11.8 Å². The highest BCUT2D eigenvalue weighted by Gasteiger charge is 2.41. The van der Waals surface area contributed by atoms with E-state index in [2.05, 4.69) is 10.4 Å². The molecule has 7 nitrogen and oxygen atoms in total. The number of nitrogens with zero attached hydrogens (tertiary/aromatic N) is 2. The van der Waals surface area contributed by atoms with Crippen molar-refractivity contribution in [1.29, 1.82) is 0 Å². The Labute approximate surface area is 155 Å². The summed E-state index contributed by atoms with van der Waals surface area (Å²) in [5.41, 5.74) is 0.931. The number of aromatic nitrogens is 2. The second-order valence-corrected chi connectivity index (χ2v) is 6.89. The summed E-state index contributed by atoms with van der Waals surface area (Å²) < 4.78 is 12.1. The maximum atomic E-state index is 12.3. The quantitative estimate of drug-likeness (QED) is 0.490. The van der Waals surface area contributed by atoms with Crippen LogP contribution in [0.1, 0.15) is 19.4 Å². The van der Waals surface area contributed by atoms with Crippen LogP contribution in [0.25, 0.3) is 0 Å². The summed E-state index contributed by atoms with van der Waals surface area (Å²) in [6.07, 6.45) is 3.40. The lowest BCUT2D eigenvalue weighted by Crippen LogP contribution is -2.42. The van der Waals surface area contributed by atoms with E-state index in [1.165, 1.54) is 25.6 Å². The van der Waals surface area contributed by atoms with Gasteiger partial charge >= 0.3 is 11.9 Å². The third-order valence-corrected chi connectivity index (χ3v) is 4.36. The Bertz CT molecular complexity index is 836. The summed E-state index contributed by atoms with van der Waals surface area (Å²) in [6, 6.07) is 11.6. The van der Waals surface area contributed by atoms with Gasteiger partial charge in [-0.15, -0.1) is 11.8 Å². The molecule has 2 aromatic rings. The standard InChI is InChI=1S/C18H19N3O4S/c1-18(2)24-16(22)14(17(23)25-18)15(26-3)20-13-9-10-19-21(13)11-12-7-5-4-6-8-12/h4-10,20H,11H2,1-3H3. The van der Waals surface area contributed by atoms with Crippen LogP contribution in [-0.2, 0) is 25.6 Å². The van der Waals surface area contributed by atoms with E-state index in [1.54, 1.807) is 23.2 Å². The molecule has 0 atom stereocenters. The van der Waals surface area contributed by atoms with E-state index >= 15 is 0 Å². The van der Waals surface area contributed by atoms with Crippen molar-refractivity contribution in [2.24, 2.45) is 0 Å². The molecule has 1 aliphatic heterocycles. The number of carbonyl (C=O) groups is 2. The number of esters is 2. The smallest absolute Gasteiger partial charge is 0.351 e. The van der Waals surface area contributed by atoms with Gasteiger partial charge in [0.1, 0.15) is 5.82 Å². The molecule has 0 radical (unpaired) electrons. The van der Waals surface area contributed by atoms with Crippen LogP contribution in [0, 0.1) is 0 Å². The molecular formula is C18H19N3O4S. The van der Waals surface area contributed by atoms with E-state index in [0.29, 0.717) is 17.4 Å². The molecule has 26 heavy (non-hydrogen) atoms. The zero-order chi connectivity index (χ0) is 18.7. The highest BCUT2D eigenvalue weighted by atomic mass is 32.2. The van der Waals surface area contributed by atoms with Crippen molar-refractivity contribution in [2.45, 2.75) is 26.2 Å². The monoisotopic (exact) mass is 373 g/mol. The van der Waals surface area contributed by atoms with Crippen LogP contribution >= 0.6 is 11.8 Å². The molecule has 8 heteroatoms. The largest absolute Gasteiger partial charge is 0.419 e. The molecule has 1 aliphatic rings. The predicted octanol–water partition coefficient (Wildman–Crippen LogP) is 2.75. The summed E-state index contributed by atoms with van der Waals surface area (Å²) in [5.74, 6) is -2.04. The lowest BCUT2D eigenvalue weighted by atomic mass is 10.2. The van der Waals surface area contributed by atoms with Crippen molar-refractivity contribution in [3.05, 3.63) is 58.8 Å². The molecule has 3 rings (SSSR count). The van der Waals surface area contributed by atoms with Crippen molar-refractivity contribution in [1.82, 2.24) is 9.78 Å². The number of hydrogen-bond donors (Lipinski definition) is 1. The minimum atomic E-state index is -1.27. The van der Waals surface area contributed by atoms with Gasteiger partial charge in [0.15, 0.2) is 5.57 Å². The highest BCUT2D eigenvalue weighted by molar-refractivity contribution is 8.02. The zero-order valence-corrected chi connectivity index (χ0v) is 15.5. The Balaban J connectivity index is 1.87. The summed E-state index contributed by atoms with van der Waals surface area (Å²) >= 11 is 1.22. The predicted molar refractivity (Wildman–Crippen MR) is 98.2 cm³/mol. The van der Waals surface area contributed by atoms with Gasteiger partial charge in [-0.3, -0.25) is 0 Å². The number of carbonyl (C=O) groups excluding carboxylic acids is 2. The summed E-state index contributed by atoms with van der Waals surface area (Å²) in [7, 11) is 0. The van der Waals surface area contributed by atoms with Gasteiger partial charge in [-0.25, -0.2) is 14.3 Å². The second kappa shape index (κ2) is 7.25. The van der Waals surface area contributed by atoms with Crippen molar-refractivity contribution in [3.63, 3.8) is 0 Å². The van der Waals surface area contributed by atoms with E-state index < -0.39 is 17.7 Å². The van der Waals surface area contributed by atoms with Crippen molar-refractivity contribution < 1.29 is 19.1 Å². The Kier molecular flexibility index (Phi) is 5.03. The van der Waals surface area contributed by atoms with E-state index in [-0.39, 0.29) is 5.57 Å². The minimum absolute atomic E-state index is 0.149. The van der Waals surface area contributed by atoms with Gasteiger partial charge in [0.2, 0.25) is 0 Å². The van der Waals surface area contributed by atoms with Crippen LogP contribution in [0.2, 0.25) is 0 Å². The maximum Gasteiger partial charge on any atom is 0.351 e. The van der Waals surface area contributed by atoms with E-state index in [0.717, 1.165) is 5.56 Å². The fourth-order valence-electron chi connectivity index (χ4n) is 2.49. The van der Waals surface area contributed by atoms with Crippen LogP contribution in [-0.4, -0.2) is 33.8 Å². The first-order valence-electron chi connectivity index (χ1n) is 7.97. The van der Waals surface area contributed by atoms with Gasteiger partial charge < -0.3 is 14.8 Å². The second-order valence-electron chi connectivity index (χ2n) is 6.07. The zero-order valence-electron chi connectivity index (χ0n) is 14.7. The van der Waals surface area contributed by atoms with Crippen LogP contribution in [0.3, 0.4) is 0 Å². The van der Waals surface area contributed by atoms with Crippen LogP contribution < -0.4 is 5.32 Å². The lowest BCUT2D eigenvalue weighted by Gasteiger charge is -2.30. The molecular weight excluding hydrogens is 354 g/mol. The molecule has 1 aromatic carbocycles. The third-order valence-electron chi connectivity index (χ3n) is 3.65. The number of ether oxygens (including phenoxy) is 2. The number of rotatable bonds is 5. The first-order chi connectivity index (χ1) is 12.4. The minimum Gasteiger partial charge on any atom is -0.419 e. The molecule has 0 aliphatic carbocycles. The van der Waals surface area contributed by atoms with E-state index in [1.807, 2.05) is 30.3 Å². The average molecular weight is 373 g/mol. The normalized spacial score (nSPS) is 16.0. The maximum absolute atomic E-state index is 12.3. The molecule has 1 fully saturated rings. The Morgan fingerprint density at radius 2 is 1.81 bits per heavy atom. The molecule has 0 unspecified atom stereocenters. The number of nitrogens with one attached hydrogen (secondary N) is 1. The summed E-state index contributed by atoms with van der Waals surface area (Å²) in [6.45, 7) is 3.58. The number of hydrogen-bond acceptors (Lipinski definition) is 7. The molecule has 1 saturated heterocycles. The van der Waals surface area contributed by atoms with Crippen molar-refractivity contribution in [3.8, 4) is 0 Å². The van der Waals surface area contributed by atoms with Gasteiger partial charge in [-0.2, -0.15) is 5.10 Å². The SMILES string of the molecule is CSC(Nc1ccnn1Cc1ccccc1)=C1C(=O)OC(C)(C)OC1=O. The van der Waals surface area contributed by atoms with Crippen LogP contribution in [0.5, 0.6) is 0 Å². The van der Waals surface area contributed by atoms with Crippen molar-refractivity contribution in [2.75, 3.05) is 11.6 Å². The molecule has 0 spiro atoms. The summed E-state index contributed by atoms with van der Waals surface area (Å²) in [5, 5.41) is 7.74. The molecule has 1 aromatic heterocycles. The topological polar surface area (TPSA) is 82.5 Å². The third kappa shape index (κ3) is 3.91. The molecule has 0 saturated carbocycles. The van der Waals surface area contributed by atoms with Crippen LogP contribution in [0.15, 0.2) is 53.2 Å². The molecule has 1 N–H and O–H groups in total. The first-order valence-corrected chi connectivity index (χ1v) is 9.20. The lowest BCUT2D eigenvalue weighted by molar-refractivity contribution is -0.222. The molecule has 136 valence electrons. The summed E-state index contributed by atoms with van der Waals surface area (Å²) in [4.78, 5) is 24.5. The Morgan fingerprint density at radius 1 is 1.15 bits per heavy atom. The van der Waals surface area contributed by atoms with Gasteiger partial charge in [-0.1, -0.05) is 30.3 Å². The molecule has 0 bridgehead atoms. The van der Waals surface area contributed by atoms with Gasteiger partial charge in [0.25, 0.3) is 5.79 Å². The first kappa shape index (κ1) is 18.1. The van der Waals surface area contributed by atoms with Crippen molar-refractivity contribution >= 4 is 29.5 Å². The average Bonchev–Trinajstić information content (AvgIpc) is 3.00. The molecule has 2 heterocycles. The van der Waals surface area contributed by atoms with E-state index in [9.17, 15) is 9.59 Å². The van der Waals surface area contributed by atoms with Gasteiger partial charge in [0, 0.05) is 19.9 Å². The number of benzene rings is 1. The van der Waals surface area contributed by atoms with E-state index in [4.69, 9.17) is 9.47 Å². The fraction of sp³-hybridized carbons (Fsp3) is 0.278. The van der Waals surface area contributed by atoms with Crippen LogP contribution in [0.4, 0.5) is 5.82 Å². The Hall–Kier alpha value is -2.74. The number of thioether (sulfide) groups is 1. The fourth-order valence-corrected chi connectivity index (χ4v) is 3.07. The number of anilines is 1. The van der Waals surface area contributed by atoms with Gasteiger partial charge in [0.05, 0.1) is 17.8 Å². The number of cyclic esters (lactones) is 2. The molecule has 0 amide bonds. The highest BCUT2D eigenvalue weighted by Crippen LogP contribution is 2.29. The Morgan fingerprint density at radius 3 is 2.42 bits per heavy atom.